The molecule has 3 aliphatic rings. The number of piperidine rings is 1. The number of aryl methyl sites for hydroxylation is 1. The predicted octanol–water partition coefficient (Wildman–Crippen LogP) is 7.08. The Kier molecular flexibility index (Phi) is 7.21. The van der Waals surface area contributed by atoms with E-state index in [1.165, 1.54) is 6.07 Å². The number of fused-ring (bicyclic) bond motifs is 3. The van der Waals surface area contributed by atoms with Crippen molar-refractivity contribution in [3.8, 4) is 5.75 Å². The molecule has 1 N–H and O–H groups in total. The normalized spacial score (nSPS) is 28.9. The number of halogens is 3. The fraction of sp³-hybridized carbons (Fsp3) is 0.621. The van der Waals surface area contributed by atoms with Gasteiger partial charge in [0, 0.05) is 12.1 Å². The lowest BCUT2D eigenvalue weighted by Gasteiger charge is -2.37. The zero-order valence-electron chi connectivity index (χ0n) is 20.9. The number of carboxylic acids is 1. The van der Waals surface area contributed by atoms with Crippen LogP contribution >= 0.6 is 0 Å². The van der Waals surface area contributed by atoms with Crippen molar-refractivity contribution < 1.29 is 27.8 Å². The summed E-state index contributed by atoms with van der Waals surface area (Å²) in [7, 11) is 0. The highest BCUT2D eigenvalue weighted by Gasteiger charge is 2.42. The van der Waals surface area contributed by atoms with Gasteiger partial charge in [-0.15, -0.1) is 0 Å². The molecule has 2 aliphatic heterocycles. The maximum Gasteiger partial charge on any atom is 0.420 e. The van der Waals surface area contributed by atoms with Gasteiger partial charge in [-0.05, 0) is 99.1 Å². The van der Waals surface area contributed by atoms with Crippen molar-refractivity contribution in [2.24, 2.45) is 11.8 Å². The zero-order valence-corrected chi connectivity index (χ0v) is 20.9. The van der Waals surface area contributed by atoms with Crippen molar-refractivity contribution in [2.75, 3.05) is 6.54 Å². The minimum atomic E-state index is -4.50. The number of alkyl halides is 3. The summed E-state index contributed by atoms with van der Waals surface area (Å²) in [6.07, 6.45) is 3.93. The molecule has 3 fully saturated rings. The summed E-state index contributed by atoms with van der Waals surface area (Å²) in [5, 5.41) is 10.2. The Hall–Kier alpha value is -2.28. The molecular weight excluding hydrogens is 467 g/mol. The van der Waals surface area contributed by atoms with Gasteiger partial charge in [0.1, 0.15) is 11.3 Å². The summed E-state index contributed by atoms with van der Waals surface area (Å²) >= 11 is 0. The summed E-state index contributed by atoms with van der Waals surface area (Å²) < 4.78 is 48.8. The molecule has 5 rings (SSSR count). The second kappa shape index (κ2) is 10.2. The van der Waals surface area contributed by atoms with E-state index < -0.39 is 17.7 Å². The highest BCUT2D eigenvalue weighted by atomic mass is 19.4. The van der Waals surface area contributed by atoms with E-state index in [-0.39, 0.29) is 23.2 Å². The van der Waals surface area contributed by atoms with Crippen molar-refractivity contribution in [3.05, 3.63) is 41.5 Å². The number of carbonyl (C=O) groups is 1. The number of ether oxygens (including phenoxy) is 1. The Bertz CT molecular complexity index is 1080. The Morgan fingerprint density at radius 2 is 1.69 bits per heavy atom. The number of hydrogen-bond acceptors (Lipinski definition) is 3. The molecule has 1 aliphatic carbocycles. The molecule has 0 amide bonds. The standard InChI is InChI=1S/C29H36F3NO3/c1-18-4-11-24(12-5-18)36-26-13-8-20-7-6-19(15-25(20)27(26)29(30,31)32)3-2-14-33-22-9-10-23(33)17-21(16-22)28(34)35/h6-8,13,15,18,21-24H,2-5,9-12,14,16-17H2,1H3,(H,34,35)/t18-,21?,22?,23?,24+. The first-order valence-corrected chi connectivity index (χ1v) is 13.5. The molecule has 0 spiro atoms. The lowest BCUT2D eigenvalue weighted by Crippen LogP contribution is -2.45. The molecule has 2 saturated heterocycles. The van der Waals surface area contributed by atoms with Crippen LogP contribution in [0.15, 0.2) is 30.3 Å². The van der Waals surface area contributed by atoms with E-state index in [0.29, 0.717) is 42.7 Å². The van der Waals surface area contributed by atoms with Crippen LogP contribution in [0, 0.1) is 11.8 Å². The molecule has 2 aromatic rings. The Balaban J connectivity index is 1.30. The van der Waals surface area contributed by atoms with Crippen LogP contribution in [0.25, 0.3) is 10.8 Å². The average molecular weight is 504 g/mol. The van der Waals surface area contributed by atoms with Crippen LogP contribution < -0.4 is 4.74 Å². The summed E-state index contributed by atoms with van der Waals surface area (Å²) in [5.74, 6) is -0.382. The minimum absolute atomic E-state index is 0.0513. The molecule has 4 nitrogen and oxygen atoms in total. The predicted molar refractivity (Wildman–Crippen MR) is 133 cm³/mol. The average Bonchev–Trinajstić information content (AvgIpc) is 3.05. The van der Waals surface area contributed by atoms with E-state index in [9.17, 15) is 23.1 Å². The molecule has 0 aromatic heterocycles. The maximum atomic E-state index is 14.3. The van der Waals surface area contributed by atoms with Gasteiger partial charge in [-0.2, -0.15) is 13.2 Å². The molecule has 2 aromatic carbocycles. The van der Waals surface area contributed by atoms with Crippen molar-refractivity contribution in [3.63, 3.8) is 0 Å². The molecule has 1 saturated carbocycles. The first-order chi connectivity index (χ1) is 17.2. The molecule has 2 bridgehead atoms. The SMILES string of the molecule is C[C@H]1CC[C@@H](Oc2ccc3ccc(CCCN4C5CCC4CC(C(=O)O)C5)cc3c2C(F)(F)F)CC1. The van der Waals surface area contributed by atoms with Crippen LogP contribution in [-0.4, -0.2) is 40.7 Å². The van der Waals surface area contributed by atoms with E-state index in [4.69, 9.17) is 4.74 Å². The molecule has 2 heterocycles. The summed E-state index contributed by atoms with van der Waals surface area (Å²) in [4.78, 5) is 13.9. The number of nitrogens with zero attached hydrogens (tertiary/aromatic N) is 1. The van der Waals surface area contributed by atoms with Crippen molar-refractivity contribution >= 4 is 16.7 Å². The van der Waals surface area contributed by atoms with Gasteiger partial charge in [0.25, 0.3) is 0 Å². The first kappa shape index (κ1) is 25.4. The fourth-order valence-corrected chi connectivity index (χ4v) is 6.73. The van der Waals surface area contributed by atoms with Gasteiger partial charge < -0.3 is 9.84 Å². The number of hydrogen-bond donors (Lipinski definition) is 1. The quantitative estimate of drug-likeness (QED) is 0.439. The van der Waals surface area contributed by atoms with Gasteiger partial charge in [0.2, 0.25) is 0 Å². The van der Waals surface area contributed by atoms with Crippen LogP contribution in [-0.2, 0) is 17.4 Å². The number of aliphatic carboxylic acids is 1. The lowest BCUT2D eigenvalue weighted by atomic mass is 9.89. The molecule has 0 radical (unpaired) electrons. The Morgan fingerprint density at radius 1 is 1.03 bits per heavy atom. The Labute approximate surface area is 210 Å². The van der Waals surface area contributed by atoms with E-state index in [0.717, 1.165) is 57.1 Å². The van der Waals surface area contributed by atoms with Gasteiger partial charge in [-0.1, -0.05) is 31.2 Å². The molecular formula is C29H36F3NO3. The summed E-state index contributed by atoms with van der Waals surface area (Å²) in [6.45, 7) is 3.03. The van der Waals surface area contributed by atoms with Crippen LogP contribution in [0.2, 0.25) is 0 Å². The van der Waals surface area contributed by atoms with E-state index in [1.807, 2.05) is 6.07 Å². The maximum absolute atomic E-state index is 14.3. The third kappa shape index (κ3) is 5.36. The smallest absolute Gasteiger partial charge is 0.420 e. The van der Waals surface area contributed by atoms with Crippen molar-refractivity contribution in [1.29, 1.82) is 0 Å². The van der Waals surface area contributed by atoms with E-state index >= 15 is 0 Å². The van der Waals surface area contributed by atoms with Crippen LogP contribution in [0.4, 0.5) is 13.2 Å². The molecule has 7 heteroatoms. The van der Waals surface area contributed by atoms with Crippen LogP contribution in [0.3, 0.4) is 0 Å². The molecule has 2 atom stereocenters. The highest BCUT2D eigenvalue weighted by molar-refractivity contribution is 5.89. The monoisotopic (exact) mass is 503 g/mol. The molecule has 196 valence electrons. The van der Waals surface area contributed by atoms with Crippen LogP contribution in [0.5, 0.6) is 5.75 Å². The Morgan fingerprint density at radius 3 is 2.33 bits per heavy atom. The summed E-state index contributed by atoms with van der Waals surface area (Å²) in [5.41, 5.74) is 0.235. The molecule has 2 unspecified atom stereocenters. The van der Waals surface area contributed by atoms with Gasteiger partial charge in [-0.3, -0.25) is 9.69 Å². The minimum Gasteiger partial charge on any atom is -0.490 e. The molecule has 36 heavy (non-hydrogen) atoms. The fourth-order valence-electron chi connectivity index (χ4n) is 6.73. The number of carboxylic acid groups (broad SMARTS) is 1. The van der Waals surface area contributed by atoms with Crippen LogP contribution in [0.1, 0.15) is 75.8 Å². The zero-order chi connectivity index (χ0) is 25.4. The number of rotatable bonds is 7. The second-order valence-corrected chi connectivity index (χ2v) is 11.2. The van der Waals surface area contributed by atoms with Crippen molar-refractivity contribution in [2.45, 2.75) is 95.5 Å². The lowest BCUT2D eigenvalue weighted by molar-refractivity contribution is -0.144. The topological polar surface area (TPSA) is 49.8 Å². The van der Waals surface area contributed by atoms with E-state index in [1.54, 1.807) is 18.2 Å². The van der Waals surface area contributed by atoms with E-state index in [2.05, 4.69) is 11.8 Å². The van der Waals surface area contributed by atoms with Gasteiger partial charge in [0.15, 0.2) is 0 Å². The third-order valence-corrected chi connectivity index (χ3v) is 8.70. The highest BCUT2D eigenvalue weighted by Crippen LogP contribution is 2.43. The second-order valence-electron chi connectivity index (χ2n) is 11.2. The van der Waals surface area contributed by atoms with Crippen molar-refractivity contribution in [1.82, 2.24) is 4.90 Å². The number of benzene rings is 2. The van der Waals surface area contributed by atoms with Gasteiger partial charge in [0.05, 0.1) is 12.0 Å². The van der Waals surface area contributed by atoms with Gasteiger partial charge in [-0.25, -0.2) is 0 Å². The largest absolute Gasteiger partial charge is 0.490 e. The third-order valence-electron chi connectivity index (χ3n) is 8.70. The first-order valence-electron chi connectivity index (χ1n) is 13.5. The van der Waals surface area contributed by atoms with Gasteiger partial charge >= 0.3 is 12.1 Å². The summed E-state index contributed by atoms with van der Waals surface area (Å²) in [6, 6.07) is 9.27.